The van der Waals surface area contributed by atoms with Crippen molar-refractivity contribution in [2.45, 2.75) is 18.3 Å². The molecule has 2 fully saturated rings. The van der Waals surface area contributed by atoms with Crippen LogP contribution in [0.5, 0.6) is 0 Å². The standard InChI is InChI=1S/C20H14ClNO3/c21-10-5-7-11(8-6-10)22-19(24)17-14-9-15(23)16(18(17)20(22)25)13-4-2-1-3-12(13)14/h1-8,14,16-18H,9H2/t14-,16-,17-,18+/m1/s1. The Morgan fingerprint density at radius 2 is 1.48 bits per heavy atom. The SMILES string of the molecule is O=C1C[C@@H]2c3ccccc3[C@H]1[C@@H]1C(=O)N(c3ccc(Cl)cc3)C(=O)[C@@H]12. The number of anilines is 1. The molecule has 1 heterocycles. The van der Waals surface area contributed by atoms with Gasteiger partial charge < -0.3 is 0 Å². The third-order valence-corrected chi connectivity index (χ3v) is 6.03. The Kier molecular flexibility index (Phi) is 2.98. The Hall–Kier alpha value is -2.46. The van der Waals surface area contributed by atoms with Gasteiger partial charge in [-0.05, 0) is 35.4 Å². The van der Waals surface area contributed by atoms with Crippen LogP contribution in [0.2, 0.25) is 5.02 Å². The molecule has 0 spiro atoms. The van der Waals surface area contributed by atoms with Crippen LogP contribution in [0.1, 0.15) is 29.4 Å². The highest BCUT2D eigenvalue weighted by molar-refractivity contribution is 6.31. The van der Waals surface area contributed by atoms with Gasteiger partial charge in [0.25, 0.3) is 0 Å². The van der Waals surface area contributed by atoms with Gasteiger partial charge in [0.15, 0.2) is 0 Å². The number of benzene rings is 2. The molecule has 6 rings (SSSR count). The molecule has 124 valence electrons. The lowest BCUT2D eigenvalue weighted by Crippen LogP contribution is -2.44. The second-order valence-corrected chi connectivity index (χ2v) is 7.36. The minimum Gasteiger partial charge on any atom is -0.299 e. The topological polar surface area (TPSA) is 54.5 Å². The molecule has 4 aliphatic rings. The highest BCUT2D eigenvalue weighted by Gasteiger charge is 2.62. The summed E-state index contributed by atoms with van der Waals surface area (Å²) in [6.45, 7) is 0. The minimum atomic E-state index is -0.579. The number of nitrogens with zero attached hydrogens (tertiary/aromatic N) is 1. The van der Waals surface area contributed by atoms with Crippen LogP contribution in [0.15, 0.2) is 48.5 Å². The number of halogens is 1. The van der Waals surface area contributed by atoms with Crippen LogP contribution in [0.4, 0.5) is 5.69 Å². The third kappa shape index (κ3) is 1.86. The third-order valence-electron chi connectivity index (χ3n) is 5.77. The zero-order valence-corrected chi connectivity index (χ0v) is 13.9. The first-order chi connectivity index (χ1) is 12.1. The lowest BCUT2D eigenvalue weighted by Gasteiger charge is -2.43. The molecule has 0 aromatic heterocycles. The molecule has 2 amide bonds. The molecule has 1 saturated heterocycles. The summed E-state index contributed by atoms with van der Waals surface area (Å²) in [6, 6.07) is 14.4. The summed E-state index contributed by atoms with van der Waals surface area (Å²) in [4.78, 5) is 40.1. The van der Waals surface area contributed by atoms with Gasteiger partial charge in [0, 0.05) is 17.4 Å². The van der Waals surface area contributed by atoms with E-state index in [9.17, 15) is 14.4 Å². The monoisotopic (exact) mass is 351 g/mol. The summed E-state index contributed by atoms with van der Waals surface area (Å²) >= 11 is 5.92. The molecule has 2 aromatic rings. The number of ketones is 1. The number of imide groups is 1. The highest BCUT2D eigenvalue weighted by Crippen LogP contribution is 2.57. The summed E-state index contributed by atoms with van der Waals surface area (Å²) in [6.07, 6.45) is 0.344. The second kappa shape index (κ2) is 5.02. The van der Waals surface area contributed by atoms with Crippen molar-refractivity contribution in [3.63, 3.8) is 0 Å². The number of fused-ring (bicyclic) bond motifs is 1. The Morgan fingerprint density at radius 3 is 2.20 bits per heavy atom. The predicted octanol–water partition coefficient (Wildman–Crippen LogP) is 3.30. The molecule has 25 heavy (non-hydrogen) atoms. The quantitative estimate of drug-likeness (QED) is 0.741. The van der Waals surface area contributed by atoms with Gasteiger partial charge in [-0.2, -0.15) is 0 Å². The van der Waals surface area contributed by atoms with E-state index < -0.39 is 17.8 Å². The Morgan fingerprint density at radius 1 is 0.840 bits per heavy atom. The van der Waals surface area contributed by atoms with Gasteiger partial charge in [0.2, 0.25) is 11.8 Å². The maximum Gasteiger partial charge on any atom is 0.238 e. The molecule has 2 bridgehead atoms. The van der Waals surface area contributed by atoms with E-state index in [0.29, 0.717) is 17.1 Å². The fourth-order valence-electron chi connectivity index (χ4n) is 4.80. The first-order valence-electron chi connectivity index (χ1n) is 8.33. The van der Waals surface area contributed by atoms with Gasteiger partial charge in [-0.3, -0.25) is 19.3 Å². The largest absolute Gasteiger partial charge is 0.299 e. The normalized spacial score (nSPS) is 29.8. The average molecular weight is 352 g/mol. The molecule has 4 nitrogen and oxygen atoms in total. The number of carbonyl (C=O) groups excluding carboxylic acids is 3. The highest BCUT2D eigenvalue weighted by atomic mass is 35.5. The first-order valence-corrected chi connectivity index (χ1v) is 8.70. The lowest BCUT2D eigenvalue weighted by molar-refractivity contribution is -0.134. The number of Topliss-reactive ketones (excluding diaryl/α,β-unsaturated/α-hetero) is 1. The van der Waals surface area contributed by atoms with E-state index in [0.717, 1.165) is 11.1 Å². The van der Waals surface area contributed by atoms with Gasteiger partial charge in [-0.15, -0.1) is 0 Å². The fraction of sp³-hybridized carbons (Fsp3) is 0.250. The first kappa shape index (κ1) is 14.8. The average Bonchev–Trinajstić information content (AvgIpc) is 2.88. The molecule has 5 heteroatoms. The van der Waals surface area contributed by atoms with E-state index >= 15 is 0 Å². The molecule has 0 N–H and O–H groups in total. The Labute approximate surface area is 149 Å². The Balaban J connectivity index is 1.65. The van der Waals surface area contributed by atoms with Gasteiger partial charge >= 0.3 is 0 Å². The molecule has 0 unspecified atom stereocenters. The summed E-state index contributed by atoms with van der Waals surface area (Å²) in [5, 5.41) is 0.544. The Bertz CT molecular complexity index is 936. The van der Waals surface area contributed by atoms with E-state index in [2.05, 4.69) is 0 Å². The van der Waals surface area contributed by atoms with Crippen molar-refractivity contribution in [1.29, 1.82) is 0 Å². The number of rotatable bonds is 1. The predicted molar refractivity (Wildman–Crippen MR) is 92.5 cm³/mol. The summed E-state index contributed by atoms with van der Waals surface area (Å²) in [5.74, 6) is -2.12. The van der Waals surface area contributed by atoms with Crippen LogP contribution in [-0.4, -0.2) is 17.6 Å². The van der Waals surface area contributed by atoms with Gasteiger partial charge in [0.1, 0.15) is 5.78 Å². The zero-order valence-electron chi connectivity index (χ0n) is 13.2. The fourth-order valence-corrected chi connectivity index (χ4v) is 4.93. The van der Waals surface area contributed by atoms with Crippen molar-refractivity contribution in [3.05, 3.63) is 64.7 Å². The molecule has 0 radical (unpaired) electrons. The summed E-state index contributed by atoms with van der Waals surface area (Å²) in [7, 11) is 0. The van der Waals surface area contributed by atoms with Gasteiger partial charge in [-0.25, -0.2) is 0 Å². The van der Waals surface area contributed by atoms with Crippen LogP contribution in [0, 0.1) is 11.8 Å². The molecule has 4 atom stereocenters. The zero-order chi connectivity index (χ0) is 17.3. The number of carbonyl (C=O) groups is 3. The van der Waals surface area contributed by atoms with Crippen LogP contribution in [0.3, 0.4) is 0 Å². The molecular weight excluding hydrogens is 338 g/mol. The number of hydrogen-bond acceptors (Lipinski definition) is 3. The lowest BCUT2D eigenvalue weighted by atomic mass is 9.56. The summed E-state index contributed by atoms with van der Waals surface area (Å²) in [5.41, 5.74) is 2.49. The van der Waals surface area contributed by atoms with Crippen molar-refractivity contribution >= 4 is 34.9 Å². The van der Waals surface area contributed by atoms with Crippen LogP contribution in [0.25, 0.3) is 0 Å². The van der Waals surface area contributed by atoms with Gasteiger partial charge in [-0.1, -0.05) is 35.9 Å². The molecule has 1 aliphatic heterocycles. The maximum absolute atomic E-state index is 13.1. The molecule has 1 saturated carbocycles. The minimum absolute atomic E-state index is 0.0732. The van der Waals surface area contributed by atoms with Gasteiger partial charge in [0.05, 0.1) is 23.4 Å². The van der Waals surface area contributed by atoms with Crippen molar-refractivity contribution in [2.24, 2.45) is 11.8 Å². The van der Waals surface area contributed by atoms with Crippen LogP contribution >= 0.6 is 11.6 Å². The molecular formula is C20H14ClNO3. The molecule has 3 aliphatic carbocycles. The number of amides is 2. The van der Waals surface area contributed by atoms with E-state index in [4.69, 9.17) is 11.6 Å². The van der Waals surface area contributed by atoms with Crippen molar-refractivity contribution < 1.29 is 14.4 Å². The van der Waals surface area contributed by atoms with E-state index in [1.54, 1.807) is 24.3 Å². The van der Waals surface area contributed by atoms with Crippen LogP contribution in [-0.2, 0) is 14.4 Å². The van der Waals surface area contributed by atoms with Crippen molar-refractivity contribution in [2.75, 3.05) is 4.90 Å². The summed E-state index contributed by atoms with van der Waals surface area (Å²) < 4.78 is 0. The maximum atomic E-state index is 13.1. The van der Waals surface area contributed by atoms with E-state index in [1.807, 2.05) is 24.3 Å². The van der Waals surface area contributed by atoms with E-state index in [-0.39, 0.29) is 23.5 Å². The van der Waals surface area contributed by atoms with Crippen molar-refractivity contribution in [3.8, 4) is 0 Å². The van der Waals surface area contributed by atoms with Crippen LogP contribution < -0.4 is 4.90 Å². The number of hydrogen-bond donors (Lipinski definition) is 0. The molecule has 2 aromatic carbocycles. The van der Waals surface area contributed by atoms with Crippen molar-refractivity contribution in [1.82, 2.24) is 0 Å². The van der Waals surface area contributed by atoms with E-state index in [1.165, 1.54) is 4.90 Å². The smallest absolute Gasteiger partial charge is 0.238 e. The second-order valence-electron chi connectivity index (χ2n) is 6.92.